The van der Waals surface area contributed by atoms with Gasteiger partial charge in [-0.3, -0.25) is 0 Å². The van der Waals surface area contributed by atoms with Crippen molar-refractivity contribution < 1.29 is 0 Å². The number of H-pyrrole nitrogens is 1. The van der Waals surface area contributed by atoms with E-state index in [0.29, 0.717) is 0 Å². The van der Waals surface area contributed by atoms with Gasteiger partial charge in [0.1, 0.15) is 5.82 Å². The molecule has 0 saturated carbocycles. The van der Waals surface area contributed by atoms with Crippen molar-refractivity contribution >= 4 is 17.1 Å². The number of aromatic amines is 1. The number of fused-ring (bicyclic) bond motifs is 1. The third-order valence-electron chi connectivity index (χ3n) is 8.56. The smallest absolute Gasteiger partial charge is 0.108 e. The van der Waals surface area contributed by atoms with E-state index in [1.54, 1.807) is 0 Å². The van der Waals surface area contributed by atoms with Gasteiger partial charge in [-0.15, -0.1) is 0 Å². The fourth-order valence-electron chi connectivity index (χ4n) is 6.14. The number of hydrogen-bond acceptors (Lipinski definition) is 3. The summed E-state index contributed by atoms with van der Waals surface area (Å²) in [4.78, 5) is 5.85. The molecule has 1 aromatic heterocycles. The molecule has 0 spiro atoms. The van der Waals surface area contributed by atoms with E-state index in [2.05, 4.69) is 120 Å². The van der Waals surface area contributed by atoms with E-state index in [-0.39, 0.29) is 12.0 Å². The minimum atomic E-state index is -0.238. The highest BCUT2D eigenvalue weighted by molar-refractivity contribution is 5.80. The summed E-state index contributed by atoms with van der Waals surface area (Å²) in [5, 5.41) is 3.77. The van der Waals surface area contributed by atoms with Gasteiger partial charge in [-0.25, -0.2) is 0 Å². The molecule has 4 nitrogen and oxygen atoms in total. The number of nitrogens with two attached hydrogens (primary N) is 1. The van der Waals surface area contributed by atoms with Crippen LogP contribution in [-0.2, 0) is 0 Å². The maximum atomic E-state index is 6.75. The number of allylic oxidation sites excluding steroid dienone is 14. The van der Waals surface area contributed by atoms with Gasteiger partial charge in [0, 0.05) is 29.5 Å². The van der Waals surface area contributed by atoms with Crippen LogP contribution >= 0.6 is 0 Å². The van der Waals surface area contributed by atoms with Crippen LogP contribution in [0.5, 0.6) is 0 Å². The third kappa shape index (κ3) is 7.74. The fraction of sp³-hybridized carbons (Fsp3) is 0.163. The van der Waals surface area contributed by atoms with E-state index in [0.717, 1.165) is 63.7 Å². The molecular formula is C43H46N4. The van der Waals surface area contributed by atoms with Crippen molar-refractivity contribution in [2.24, 2.45) is 5.73 Å². The van der Waals surface area contributed by atoms with Crippen molar-refractivity contribution in [2.75, 3.05) is 10.2 Å². The zero-order chi connectivity index (χ0) is 33.2. The lowest BCUT2D eigenvalue weighted by Crippen LogP contribution is -2.20. The Labute approximate surface area is 280 Å². The molecule has 0 saturated heterocycles. The van der Waals surface area contributed by atoms with Crippen LogP contribution in [0.4, 0.5) is 11.5 Å². The maximum Gasteiger partial charge on any atom is 0.108 e. The Morgan fingerprint density at radius 3 is 2.47 bits per heavy atom. The van der Waals surface area contributed by atoms with Crippen LogP contribution < -0.4 is 16.0 Å². The molecule has 1 aliphatic heterocycles. The highest BCUT2D eigenvalue weighted by atomic mass is 15.2. The number of aromatic nitrogens is 1. The highest BCUT2D eigenvalue weighted by Crippen LogP contribution is 2.44. The molecule has 2 aliphatic rings. The normalized spacial score (nSPS) is 18.0. The van der Waals surface area contributed by atoms with Crippen LogP contribution in [0.25, 0.3) is 5.57 Å². The van der Waals surface area contributed by atoms with Gasteiger partial charge in [0.2, 0.25) is 0 Å². The number of nitrogens with zero attached hydrogens (tertiary/aromatic N) is 1. The molecular weight excluding hydrogens is 573 g/mol. The zero-order valence-corrected chi connectivity index (χ0v) is 27.8. The second-order valence-corrected chi connectivity index (χ2v) is 11.7. The summed E-state index contributed by atoms with van der Waals surface area (Å²) < 4.78 is 0. The molecule has 0 fully saturated rings. The van der Waals surface area contributed by atoms with E-state index < -0.39 is 0 Å². The lowest BCUT2D eigenvalue weighted by molar-refractivity contribution is 0.906. The Morgan fingerprint density at radius 1 is 0.979 bits per heavy atom. The number of hydrogen-bond donors (Lipinski definition) is 3. The summed E-state index contributed by atoms with van der Waals surface area (Å²) in [6.45, 7) is 15.5. The average molecular weight is 619 g/mol. The monoisotopic (exact) mass is 618 g/mol. The molecule has 0 amide bonds. The molecule has 2 aromatic carbocycles. The molecule has 47 heavy (non-hydrogen) atoms. The summed E-state index contributed by atoms with van der Waals surface area (Å²) >= 11 is 0. The summed E-state index contributed by atoms with van der Waals surface area (Å²) in [6.07, 6.45) is 27.0. The fourth-order valence-corrected chi connectivity index (χ4v) is 6.14. The Bertz CT molecular complexity index is 1830. The van der Waals surface area contributed by atoms with Gasteiger partial charge in [0.25, 0.3) is 0 Å². The van der Waals surface area contributed by atoms with Gasteiger partial charge in [-0.1, -0.05) is 129 Å². The van der Waals surface area contributed by atoms with E-state index in [9.17, 15) is 0 Å². The average Bonchev–Trinajstić information content (AvgIpc) is 3.54. The molecule has 2 unspecified atom stereocenters. The molecule has 5 rings (SSSR count). The molecule has 4 N–H and O–H groups in total. The van der Waals surface area contributed by atoms with Crippen LogP contribution in [0, 0.1) is 0 Å². The van der Waals surface area contributed by atoms with Gasteiger partial charge in [0.15, 0.2) is 0 Å². The minimum absolute atomic E-state index is 0.0428. The number of rotatable bonds is 11. The second kappa shape index (κ2) is 15.8. The quantitative estimate of drug-likeness (QED) is 0.187. The van der Waals surface area contributed by atoms with Crippen molar-refractivity contribution in [3.05, 3.63) is 198 Å². The van der Waals surface area contributed by atoms with E-state index in [1.165, 1.54) is 11.1 Å². The molecule has 2 atom stereocenters. The Balaban J connectivity index is 1.61. The summed E-state index contributed by atoms with van der Waals surface area (Å²) in [5.41, 5.74) is 17.3. The first-order valence-corrected chi connectivity index (χ1v) is 16.4. The van der Waals surface area contributed by atoms with Crippen LogP contribution in [-0.4, -0.2) is 4.98 Å². The van der Waals surface area contributed by atoms with E-state index >= 15 is 0 Å². The predicted octanol–water partition coefficient (Wildman–Crippen LogP) is 11.0. The summed E-state index contributed by atoms with van der Waals surface area (Å²) in [5.74, 6) is 0.904. The lowest BCUT2D eigenvalue weighted by Gasteiger charge is -2.25. The molecule has 2 heterocycles. The number of benzene rings is 2. The van der Waals surface area contributed by atoms with E-state index in [1.807, 2.05) is 68.5 Å². The van der Waals surface area contributed by atoms with Crippen molar-refractivity contribution in [2.45, 2.75) is 45.6 Å². The Kier molecular flexibility index (Phi) is 11.1. The van der Waals surface area contributed by atoms with Crippen LogP contribution in [0.1, 0.15) is 62.4 Å². The lowest BCUT2D eigenvalue weighted by atomic mass is 9.86. The third-order valence-corrected chi connectivity index (χ3v) is 8.56. The van der Waals surface area contributed by atoms with Crippen molar-refractivity contribution in [3.8, 4) is 0 Å². The number of para-hydroxylation sites is 1. The standard InChI is InChI=1S/C43H46N4/c1-6-8-12-20-31(3)42-32(4)36-25-17-18-26-40(36)47(29-19-9-7-2)33(5)43(42)46-41-28-27-39(45-41)37(34-21-13-10-14-22-34)30-38(44)35-23-15-11-16-24-35/h6-13,15-21,23-30,32,38,45-46H,3,5,14,22,44H2,1-2,4H3/b8-6-,9-7-,20-12-,29-19-,37-30-. The predicted molar refractivity (Wildman–Crippen MR) is 203 cm³/mol. The molecule has 3 aromatic rings. The first-order valence-electron chi connectivity index (χ1n) is 16.4. The van der Waals surface area contributed by atoms with Gasteiger partial charge < -0.3 is 20.9 Å². The number of nitrogens with one attached hydrogen (secondary N) is 2. The van der Waals surface area contributed by atoms with Gasteiger partial charge >= 0.3 is 0 Å². The van der Waals surface area contributed by atoms with Crippen molar-refractivity contribution in [3.63, 3.8) is 0 Å². The Hall–Kier alpha value is -5.32. The van der Waals surface area contributed by atoms with Gasteiger partial charge in [-0.2, -0.15) is 0 Å². The largest absolute Gasteiger partial charge is 0.341 e. The molecule has 0 radical (unpaired) electrons. The van der Waals surface area contributed by atoms with Crippen LogP contribution in [0.3, 0.4) is 0 Å². The van der Waals surface area contributed by atoms with Gasteiger partial charge in [-0.05, 0) is 84.4 Å². The maximum absolute atomic E-state index is 6.75. The van der Waals surface area contributed by atoms with Crippen LogP contribution in [0.15, 0.2) is 181 Å². The van der Waals surface area contributed by atoms with E-state index in [4.69, 9.17) is 5.73 Å². The molecule has 4 heteroatoms. The molecule has 1 aliphatic carbocycles. The molecule has 238 valence electrons. The first kappa shape index (κ1) is 33.1. The number of anilines is 2. The SMILES string of the molecule is C=C(/C=C\C=C/C)C1=C(Nc2ccc(/C(=C\C(N)c3ccccc3)C3=CC=CCC3)[nH]2)C(=C)N(/C=C\C=C/C)c2ccccc2C1C. The highest BCUT2D eigenvalue weighted by Gasteiger charge is 2.29. The summed E-state index contributed by atoms with van der Waals surface area (Å²) in [7, 11) is 0. The van der Waals surface area contributed by atoms with Crippen LogP contribution in [0.2, 0.25) is 0 Å². The minimum Gasteiger partial charge on any atom is -0.341 e. The Morgan fingerprint density at radius 2 is 1.72 bits per heavy atom. The van der Waals surface area contributed by atoms with Crippen molar-refractivity contribution in [1.29, 1.82) is 0 Å². The zero-order valence-electron chi connectivity index (χ0n) is 27.8. The van der Waals surface area contributed by atoms with Gasteiger partial charge in [0.05, 0.1) is 11.4 Å². The first-order chi connectivity index (χ1) is 22.9. The second-order valence-electron chi connectivity index (χ2n) is 11.7. The summed E-state index contributed by atoms with van der Waals surface area (Å²) in [6, 6.07) is 22.8. The van der Waals surface area contributed by atoms with Crippen molar-refractivity contribution in [1.82, 2.24) is 4.98 Å². The topological polar surface area (TPSA) is 57.1 Å². The molecule has 0 bridgehead atoms.